The van der Waals surface area contributed by atoms with E-state index in [2.05, 4.69) is 24.5 Å². The second-order valence-corrected chi connectivity index (χ2v) is 5.50. The van der Waals surface area contributed by atoms with Crippen molar-refractivity contribution in [1.82, 2.24) is 5.32 Å². The second kappa shape index (κ2) is 7.54. The highest BCUT2D eigenvalue weighted by Gasteiger charge is 2.14. The maximum absolute atomic E-state index is 13.4. The molecule has 120 valence electrons. The fraction of sp³-hybridized carbons (Fsp3) is 0.222. The molecule has 4 nitrogen and oxygen atoms in total. The monoisotopic (exact) mass is 314 g/mol. The van der Waals surface area contributed by atoms with Gasteiger partial charge in [0.25, 0.3) is 0 Å². The first-order chi connectivity index (χ1) is 11.0. The first-order valence-electron chi connectivity index (χ1n) is 7.40. The third-order valence-electron chi connectivity index (χ3n) is 3.44. The molecule has 2 N–H and O–H groups in total. The Hall–Kier alpha value is -2.69. The molecule has 2 aromatic carbocycles. The van der Waals surface area contributed by atoms with Gasteiger partial charge in [-0.2, -0.15) is 0 Å². The largest absolute Gasteiger partial charge is 0.344 e. The summed E-state index contributed by atoms with van der Waals surface area (Å²) in [5, 5.41) is 4.91. The molecule has 0 aliphatic rings. The highest BCUT2D eigenvalue weighted by Crippen LogP contribution is 2.17. The van der Waals surface area contributed by atoms with E-state index in [0.29, 0.717) is 17.2 Å². The molecule has 0 aliphatic heterocycles. The summed E-state index contributed by atoms with van der Waals surface area (Å²) in [6, 6.07) is 13.4. The molecule has 5 heteroatoms. The van der Waals surface area contributed by atoms with Gasteiger partial charge in [-0.3, -0.25) is 9.59 Å². The van der Waals surface area contributed by atoms with Gasteiger partial charge in [-0.25, -0.2) is 4.39 Å². The second-order valence-electron chi connectivity index (χ2n) is 5.50. The van der Waals surface area contributed by atoms with E-state index >= 15 is 0 Å². The molecular weight excluding hydrogens is 295 g/mol. The first kappa shape index (κ1) is 16.7. The zero-order valence-electron chi connectivity index (χ0n) is 13.1. The van der Waals surface area contributed by atoms with Gasteiger partial charge in [0.05, 0.1) is 0 Å². The van der Waals surface area contributed by atoms with Crippen LogP contribution in [0, 0.1) is 5.82 Å². The molecule has 2 aromatic rings. The van der Waals surface area contributed by atoms with Crippen LogP contribution in [0.4, 0.5) is 10.1 Å². The summed E-state index contributed by atoms with van der Waals surface area (Å²) in [4.78, 5) is 23.6. The maximum atomic E-state index is 13.4. The van der Waals surface area contributed by atoms with Gasteiger partial charge in [-0.05, 0) is 29.7 Å². The molecule has 2 rings (SSSR count). The van der Waals surface area contributed by atoms with Crippen LogP contribution in [0.25, 0.3) is 0 Å². The van der Waals surface area contributed by atoms with E-state index < -0.39 is 17.6 Å². The van der Waals surface area contributed by atoms with Gasteiger partial charge >= 0.3 is 11.8 Å². The van der Waals surface area contributed by atoms with Crippen LogP contribution in [0.3, 0.4) is 0 Å². The lowest BCUT2D eigenvalue weighted by Gasteiger charge is -2.09. The minimum atomic E-state index is -0.804. The number of hydrogen-bond donors (Lipinski definition) is 2. The van der Waals surface area contributed by atoms with Crippen LogP contribution in [-0.2, 0) is 16.1 Å². The Morgan fingerprint density at radius 3 is 2.26 bits per heavy atom. The summed E-state index contributed by atoms with van der Waals surface area (Å²) in [6.07, 6.45) is 0. The van der Waals surface area contributed by atoms with Crippen LogP contribution in [0.1, 0.15) is 30.9 Å². The van der Waals surface area contributed by atoms with Crippen LogP contribution in [0.15, 0.2) is 48.5 Å². The molecule has 0 unspecified atom stereocenters. The highest BCUT2D eigenvalue weighted by atomic mass is 19.1. The number of anilines is 1. The molecule has 0 saturated carbocycles. The van der Waals surface area contributed by atoms with Gasteiger partial charge in [0.1, 0.15) is 5.82 Å². The lowest BCUT2D eigenvalue weighted by Crippen LogP contribution is -2.35. The Labute approximate surface area is 134 Å². The molecule has 0 radical (unpaired) electrons. The fourth-order valence-corrected chi connectivity index (χ4v) is 2.04. The van der Waals surface area contributed by atoms with Crippen LogP contribution in [0.2, 0.25) is 0 Å². The van der Waals surface area contributed by atoms with E-state index in [1.54, 1.807) is 30.3 Å². The van der Waals surface area contributed by atoms with E-state index in [1.807, 2.05) is 12.1 Å². The van der Waals surface area contributed by atoms with Crippen molar-refractivity contribution in [2.24, 2.45) is 0 Å². The molecule has 0 aliphatic carbocycles. The van der Waals surface area contributed by atoms with E-state index in [4.69, 9.17) is 0 Å². The van der Waals surface area contributed by atoms with Gasteiger partial charge in [-0.15, -0.1) is 0 Å². The maximum Gasteiger partial charge on any atom is 0.313 e. The topological polar surface area (TPSA) is 58.2 Å². The molecule has 2 amide bonds. The molecule has 0 spiro atoms. The Bertz CT molecular complexity index is 696. The number of carbonyl (C=O) groups is 2. The lowest BCUT2D eigenvalue weighted by atomic mass is 10.0. The summed E-state index contributed by atoms with van der Waals surface area (Å²) in [5.41, 5.74) is 2.02. The molecule has 0 aromatic heterocycles. The van der Waals surface area contributed by atoms with Crippen molar-refractivity contribution in [3.63, 3.8) is 0 Å². The van der Waals surface area contributed by atoms with Crippen molar-refractivity contribution >= 4 is 17.5 Å². The number of hydrogen-bond acceptors (Lipinski definition) is 2. The smallest absolute Gasteiger partial charge is 0.313 e. The third kappa shape index (κ3) is 4.64. The SMILES string of the molecule is CC(C)c1ccc(NC(=O)C(=O)NCc2ccccc2F)cc1. The first-order valence-corrected chi connectivity index (χ1v) is 7.40. The van der Waals surface area contributed by atoms with Crippen LogP contribution in [-0.4, -0.2) is 11.8 Å². The predicted octanol–water partition coefficient (Wildman–Crippen LogP) is 3.20. The average molecular weight is 314 g/mol. The standard InChI is InChI=1S/C18H19FN2O2/c1-12(2)13-7-9-15(10-8-13)21-18(23)17(22)20-11-14-5-3-4-6-16(14)19/h3-10,12H,11H2,1-2H3,(H,20,22)(H,21,23). The third-order valence-corrected chi connectivity index (χ3v) is 3.44. The Morgan fingerprint density at radius 1 is 1.00 bits per heavy atom. The molecule has 0 heterocycles. The van der Waals surface area contributed by atoms with E-state index in [1.165, 1.54) is 6.07 Å². The number of rotatable bonds is 4. The van der Waals surface area contributed by atoms with Crippen molar-refractivity contribution in [2.45, 2.75) is 26.3 Å². The lowest BCUT2D eigenvalue weighted by molar-refractivity contribution is -0.136. The van der Waals surface area contributed by atoms with Crippen LogP contribution < -0.4 is 10.6 Å². The van der Waals surface area contributed by atoms with Gasteiger partial charge in [0, 0.05) is 17.8 Å². The number of amides is 2. The fourth-order valence-electron chi connectivity index (χ4n) is 2.04. The van der Waals surface area contributed by atoms with Crippen molar-refractivity contribution < 1.29 is 14.0 Å². The molecule has 0 atom stereocenters. The van der Waals surface area contributed by atoms with Gasteiger partial charge in [0.2, 0.25) is 0 Å². The Morgan fingerprint density at radius 2 is 1.65 bits per heavy atom. The van der Waals surface area contributed by atoms with E-state index in [9.17, 15) is 14.0 Å². The van der Waals surface area contributed by atoms with Crippen LogP contribution in [0.5, 0.6) is 0 Å². The van der Waals surface area contributed by atoms with E-state index in [-0.39, 0.29) is 6.54 Å². The normalized spacial score (nSPS) is 10.4. The zero-order valence-corrected chi connectivity index (χ0v) is 13.1. The molecule has 0 saturated heterocycles. The quantitative estimate of drug-likeness (QED) is 0.851. The summed E-state index contributed by atoms with van der Waals surface area (Å²) < 4.78 is 13.4. The average Bonchev–Trinajstić information content (AvgIpc) is 2.54. The van der Waals surface area contributed by atoms with Crippen molar-refractivity contribution in [1.29, 1.82) is 0 Å². The minimum absolute atomic E-state index is 0.0365. The minimum Gasteiger partial charge on any atom is -0.344 e. The summed E-state index contributed by atoms with van der Waals surface area (Å²) >= 11 is 0. The zero-order chi connectivity index (χ0) is 16.8. The Kier molecular flexibility index (Phi) is 5.46. The van der Waals surface area contributed by atoms with Crippen molar-refractivity contribution in [3.8, 4) is 0 Å². The molecule has 0 bridgehead atoms. The van der Waals surface area contributed by atoms with Crippen LogP contribution >= 0.6 is 0 Å². The number of benzene rings is 2. The number of halogens is 1. The number of nitrogens with one attached hydrogen (secondary N) is 2. The van der Waals surface area contributed by atoms with Gasteiger partial charge in [0.15, 0.2) is 0 Å². The van der Waals surface area contributed by atoms with Gasteiger partial charge in [-0.1, -0.05) is 44.2 Å². The summed E-state index contributed by atoms with van der Waals surface area (Å²) in [7, 11) is 0. The molecular formula is C18H19FN2O2. The summed E-state index contributed by atoms with van der Waals surface area (Å²) in [5.74, 6) is -1.61. The van der Waals surface area contributed by atoms with Gasteiger partial charge < -0.3 is 10.6 Å². The number of carbonyl (C=O) groups excluding carboxylic acids is 2. The summed E-state index contributed by atoms with van der Waals surface area (Å²) in [6.45, 7) is 4.11. The van der Waals surface area contributed by atoms with Crippen molar-refractivity contribution in [3.05, 3.63) is 65.5 Å². The van der Waals surface area contributed by atoms with E-state index in [0.717, 1.165) is 5.56 Å². The molecule has 0 fully saturated rings. The Balaban J connectivity index is 1.90. The predicted molar refractivity (Wildman–Crippen MR) is 87.4 cm³/mol. The van der Waals surface area contributed by atoms with Crippen molar-refractivity contribution in [2.75, 3.05) is 5.32 Å². The highest BCUT2D eigenvalue weighted by molar-refractivity contribution is 6.39. The molecule has 23 heavy (non-hydrogen) atoms.